The van der Waals surface area contributed by atoms with E-state index in [4.69, 9.17) is 4.74 Å². The van der Waals surface area contributed by atoms with E-state index in [2.05, 4.69) is 20.0 Å². The third kappa shape index (κ3) is 3.97. The molecule has 26 heavy (non-hydrogen) atoms. The highest BCUT2D eigenvalue weighted by Gasteiger charge is 2.38. The van der Waals surface area contributed by atoms with Gasteiger partial charge in [-0.25, -0.2) is 4.79 Å². The first kappa shape index (κ1) is 18.2. The molecule has 9 heteroatoms. The maximum atomic E-state index is 12.6. The highest BCUT2D eigenvalue weighted by molar-refractivity contribution is 5.69. The number of nitrogens with one attached hydrogen (secondary N) is 1. The summed E-state index contributed by atoms with van der Waals surface area (Å²) in [6, 6.07) is 4.88. The van der Waals surface area contributed by atoms with Crippen LogP contribution in [0.15, 0.2) is 22.7 Å². The van der Waals surface area contributed by atoms with Crippen LogP contribution in [-0.4, -0.2) is 21.8 Å². The van der Waals surface area contributed by atoms with E-state index in [1.807, 2.05) is 0 Å². The Morgan fingerprint density at radius 2 is 2.04 bits per heavy atom. The molecule has 0 saturated heterocycles. The summed E-state index contributed by atoms with van der Waals surface area (Å²) in [6.07, 6.45) is -3.83. The Kier molecular flexibility index (Phi) is 4.41. The number of rotatable bonds is 2. The molecule has 1 heterocycles. The predicted molar refractivity (Wildman–Crippen MR) is 85.2 cm³/mol. The number of benzene rings is 1. The smallest absolute Gasteiger partial charge is 0.444 e. The van der Waals surface area contributed by atoms with Crippen molar-refractivity contribution in [3.8, 4) is 11.4 Å². The number of halogens is 3. The lowest BCUT2D eigenvalue weighted by atomic mass is 10.0. The molecule has 0 unspecified atom stereocenters. The maximum absolute atomic E-state index is 12.6. The number of fused-ring (bicyclic) bond motifs is 1. The zero-order valence-corrected chi connectivity index (χ0v) is 14.5. The fourth-order valence-corrected chi connectivity index (χ4v) is 2.81. The molecule has 2 aromatic rings. The van der Waals surface area contributed by atoms with Crippen molar-refractivity contribution in [2.45, 2.75) is 51.4 Å². The highest BCUT2D eigenvalue weighted by atomic mass is 19.4. The lowest BCUT2D eigenvalue weighted by molar-refractivity contribution is -0.159. The number of carbonyl (C=O) groups is 1. The fourth-order valence-electron chi connectivity index (χ4n) is 2.81. The van der Waals surface area contributed by atoms with Gasteiger partial charge >= 0.3 is 18.2 Å². The second-order valence-electron chi connectivity index (χ2n) is 7.07. The zero-order valence-electron chi connectivity index (χ0n) is 14.5. The van der Waals surface area contributed by atoms with Gasteiger partial charge in [-0.2, -0.15) is 18.2 Å². The molecule has 0 spiro atoms. The van der Waals surface area contributed by atoms with Crippen molar-refractivity contribution >= 4 is 6.09 Å². The van der Waals surface area contributed by atoms with Gasteiger partial charge in [-0.3, -0.25) is 0 Å². The Hall–Kier alpha value is -2.58. The molecule has 1 aliphatic rings. The summed E-state index contributed by atoms with van der Waals surface area (Å²) in [5.74, 6) is -1.50. The molecule has 0 radical (unpaired) electrons. The first-order valence-corrected chi connectivity index (χ1v) is 8.06. The summed E-state index contributed by atoms with van der Waals surface area (Å²) in [7, 11) is 0. The van der Waals surface area contributed by atoms with Crippen LogP contribution in [-0.2, 0) is 17.3 Å². The Labute approximate surface area is 147 Å². The van der Waals surface area contributed by atoms with E-state index in [1.165, 1.54) is 0 Å². The van der Waals surface area contributed by atoms with Gasteiger partial charge in [-0.15, -0.1) is 0 Å². The average molecular weight is 369 g/mol. The Balaban J connectivity index is 1.76. The Morgan fingerprint density at radius 3 is 2.65 bits per heavy atom. The van der Waals surface area contributed by atoms with Crippen LogP contribution < -0.4 is 5.32 Å². The largest absolute Gasteiger partial charge is 0.471 e. The zero-order chi connectivity index (χ0) is 19.1. The molecule has 0 bridgehead atoms. The number of amides is 1. The molecule has 1 amide bonds. The second kappa shape index (κ2) is 6.30. The minimum Gasteiger partial charge on any atom is -0.444 e. The molecule has 1 aliphatic carbocycles. The van der Waals surface area contributed by atoms with Crippen molar-refractivity contribution in [3.05, 3.63) is 35.2 Å². The summed E-state index contributed by atoms with van der Waals surface area (Å²) in [6.45, 7) is 5.34. The van der Waals surface area contributed by atoms with E-state index >= 15 is 0 Å². The van der Waals surface area contributed by atoms with E-state index in [-0.39, 0.29) is 11.9 Å². The molecular weight excluding hydrogens is 351 g/mol. The SMILES string of the molecule is CC(C)(C)OC(=O)N[C@H]1CCc2cc(-c3noc(C(F)(F)F)n3)ccc21. The predicted octanol–water partition coefficient (Wildman–Crippen LogP) is 4.27. The second-order valence-corrected chi connectivity index (χ2v) is 7.07. The van der Waals surface area contributed by atoms with Crippen LogP contribution >= 0.6 is 0 Å². The number of alkyl halides is 3. The first-order chi connectivity index (χ1) is 12.0. The molecular formula is C17H18F3N3O3. The topological polar surface area (TPSA) is 77.2 Å². The monoisotopic (exact) mass is 369 g/mol. The number of hydrogen-bond acceptors (Lipinski definition) is 5. The van der Waals surface area contributed by atoms with Gasteiger partial charge < -0.3 is 14.6 Å². The van der Waals surface area contributed by atoms with Crippen LogP contribution in [0.1, 0.15) is 50.3 Å². The van der Waals surface area contributed by atoms with Crippen LogP contribution in [0.25, 0.3) is 11.4 Å². The third-order valence-electron chi connectivity index (χ3n) is 3.84. The van der Waals surface area contributed by atoms with Gasteiger partial charge in [0.2, 0.25) is 5.82 Å². The van der Waals surface area contributed by atoms with Gasteiger partial charge in [0.15, 0.2) is 0 Å². The third-order valence-corrected chi connectivity index (χ3v) is 3.84. The van der Waals surface area contributed by atoms with E-state index in [0.717, 1.165) is 11.1 Å². The molecule has 6 nitrogen and oxygen atoms in total. The summed E-state index contributed by atoms with van der Waals surface area (Å²) >= 11 is 0. The molecule has 0 saturated carbocycles. The maximum Gasteiger partial charge on any atom is 0.471 e. The quantitative estimate of drug-likeness (QED) is 0.856. The molecule has 3 rings (SSSR count). The minimum atomic E-state index is -4.68. The number of hydrogen-bond donors (Lipinski definition) is 1. The lowest BCUT2D eigenvalue weighted by Gasteiger charge is -2.22. The fraction of sp³-hybridized carbons (Fsp3) is 0.471. The minimum absolute atomic E-state index is 0.122. The van der Waals surface area contributed by atoms with Crippen LogP contribution in [0.5, 0.6) is 0 Å². The Bertz CT molecular complexity index is 825. The normalized spacial score (nSPS) is 17.1. The number of carbonyl (C=O) groups excluding carboxylic acids is 1. The number of nitrogens with zero attached hydrogens (tertiary/aromatic N) is 2. The van der Waals surface area contributed by atoms with Gasteiger partial charge in [-0.05, 0) is 50.8 Å². The van der Waals surface area contributed by atoms with Gasteiger partial charge in [0.25, 0.3) is 0 Å². The van der Waals surface area contributed by atoms with Crippen LogP contribution in [0.2, 0.25) is 0 Å². The molecule has 1 N–H and O–H groups in total. The average Bonchev–Trinajstić information content (AvgIpc) is 3.11. The van der Waals surface area contributed by atoms with E-state index in [9.17, 15) is 18.0 Å². The molecule has 1 aromatic carbocycles. The van der Waals surface area contributed by atoms with Crippen molar-refractivity contribution < 1.29 is 27.2 Å². The summed E-state index contributed by atoms with van der Waals surface area (Å²) in [5, 5.41) is 6.21. The van der Waals surface area contributed by atoms with Crippen molar-refractivity contribution in [2.75, 3.05) is 0 Å². The van der Waals surface area contributed by atoms with E-state index < -0.39 is 23.8 Å². The molecule has 1 aromatic heterocycles. The van der Waals surface area contributed by atoms with Gasteiger partial charge in [0.1, 0.15) is 5.60 Å². The van der Waals surface area contributed by atoms with Gasteiger partial charge in [-0.1, -0.05) is 17.3 Å². The standard InChI is InChI=1S/C17H18F3N3O3/c1-16(2,3)25-15(24)21-12-7-5-9-8-10(4-6-11(9)12)13-22-14(26-23-13)17(18,19)20/h4,6,8,12H,5,7H2,1-3H3,(H,21,24)/t12-/m0/s1. The van der Waals surface area contributed by atoms with E-state index in [0.29, 0.717) is 18.4 Å². The summed E-state index contributed by atoms with van der Waals surface area (Å²) in [4.78, 5) is 15.3. The first-order valence-electron chi connectivity index (χ1n) is 8.06. The lowest BCUT2D eigenvalue weighted by Crippen LogP contribution is -2.34. The summed E-state index contributed by atoms with van der Waals surface area (Å²) in [5.41, 5.74) is 1.66. The van der Waals surface area contributed by atoms with Crippen molar-refractivity contribution in [1.82, 2.24) is 15.5 Å². The summed E-state index contributed by atoms with van der Waals surface area (Å²) < 4.78 is 47.3. The van der Waals surface area contributed by atoms with Gasteiger partial charge in [0.05, 0.1) is 6.04 Å². The number of aromatic nitrogens is 2. The number of aryl methyl sites for hydroxylation is 1. The van der Waals surface area contributed by atoms with Crippen molar-refractivity contribution in [1.29, 1.82) is 0 Å². The Morgan fingerprint density at radius 1 is 1.31 bits per heavy atom. The molecule has 140 valence electrons. The highest BCUT2D eigenvalue weighted by Crippen LogP contribution is 2.35. The van der Waals surface area contributed by atoms with Crippen LogP contribution in [0.3, 0.4) is 0 Å². The van der Waals surface area contributed by atoms with E-state index in [1.54, 1.807) is 39.0 Å². The molecule has 0 fully saturated rings. The number of ether oxygens (including phenoxy) is 1. The number of alkyl carbamates (subject to hydrolysis) is 1. The van der Waals surface area contributed by atoms with Crippen molar-refractivity contribution in [3.63, 3.8) is 0 Å². The van der Waals surface area contributed by atoms with Crippen LogP contribution in [0.4, 0.5) is 18.0 Å². The van der Waals surface area contributed by atoms with Gasteiger partial charge in [0, 0.05) is 5.56 Å². The molecule has 1 atom stereocenters. The molecule has 0 aliphatic heterocycles. The van der Waals surface area contributed by atoms with Crippen molar-refractivity contribution in [2.24, 2.45) is 0 Å². The van der Waals surface area contributed by atoms with Crippen LogP contribution in [0, 0.1) is 0 Å².